The van der Waals surface area contributed by atoms with Gasteiger partial charge in [0.05, 0.1) is 37.6 Å². The van der Waals surface area contributed by atoms with Gasteiger partial charge < -0.3 is 18.8 Å². The number of morpholine rings is 2. The molecule has 0 unspecified atom stereocenters. The summed E-state index contributed by atoms with van der Waals surface area (Å²) in [5.41, 5.74) is 4.51. The molecule has 3 fully saturated rings. The Balaban J connectivity index is 0.000000171. The van der Waals surface area contributed by atoms with E-state index in [0.717, 1.165) is 85.4 Å². The van der Waals surface area contributed by atoms with Crippen LogP contribution in [0.2, 0.25) is 0 Å². The van der Waals surface area contributed by atoms with Crippen LogP contribution in [0.25, 0.3) is 0 Å². The molecule has 3 saturated heterocycles. The Morgan fingerprint density at radius 2 is 0.933 bits per heavy atom. The van der Waals surface area contributed by atoms with Gasteiger partial charge in [-0.15, -0.1) is 0 Å². The van der Waals surface area contributed by atoms with Gasteiger partial charge in [-0.25, -0.2) is 0 Å². The topological polar surface area (TPSA) is 43.4 Å². The van der Waals surface area contributed by atoms with Crippen LogP contribution in [0.3, 0.4) is 0 Å². The molecule has 45 heavy (non-hydrogen) atoms. The number of hydrogen-bond acceptors (Lipinski definition) is 6. The third-order valence-electron chi connectivity index (χ3n) is 8.51. The molecule has 6 nitrogen and oxygen atoms in total. The van der Waals surface area contributed by atoms with Crippen molar-refractivity contribution in [3.63, 3.8) is 0 Å². The van der Waals surface area contributed by atoms with E-state index in [1.807, 2.05) is 12.1 Å². The van der Waals surface area contributed by atoms with E-state index in [4.69, 9.17) is 18.8 Å². The maximum absolute atomic E-state index is 6.09. The highest BCUT2D eigenvalue weighted by Crippen LogP contribution is 2.36. The van der Waals surface area contributed by atoms with Crippen molar-refractivity contribution in [2.24, 2.45) is 0 Å². The zero-order valence-corrected chi connectivity index (χ0v) is 31.7. The van der Waals surface area contributed by atoms with Crippen LogP contribution in [0.15, 0.2) is 81.7 Å². The minimum Gasteiger partial charge on any atom is -0.399 e. The Bertz CT molecular complexity index is 1270. The molecule has 6 rings (SSSR count). The van der Waals surface area contributed by atoms with Crippen LogP contribution in [0.1, 0.15) is 44.4 Å². The number of ether oxygens (including phenoxy) is 2. The number of alkyl halides is 1. The van der Waals surface area contributed by atoms with E-state index in [2.05, 4.69) is 146 Å². The second-order valence-corrected chi connectivity index (χ2v) is 14.9. The zero-order valence-electron chi connectivity index (χ0n) is 26.9. The van der Waals surface area contributed by atoms with Gasteiger partial charge in [0.1, 0.15) is 0 Å². The number of benzene rings is 3. The Hall–Kier alpha value is -1.08. The molecule has 0 N–H and O–H groups in total. The lowest BCUT2D eigenvalue weighted by atomic mass is 9.79. The third-order valence-corrected chi connectivity index (χ3v) is 10.2. The van der Waals surface area contributed by atoms with E-state index < -0.39 is 0 Å². The Kier molecular flexibility index (Phi) is 14.6. The molecule has 3 heterocycles. The smallest absolute Gasteiger partial charge is 0.399 e. The van der Waals surface area contributed by atoms with E-state index in [1.54, 1.807) is 0 Å². The molecule has 0 aliphatic carbocycles. The van der Waals surface area contributed by atoms with E-state index in [1.165, 1.54) is 16.7 Å². The van der Waals surface area contributed by atoms with Gasteiger partial charge in [-0.3, -0.25) is 9.80 Å². The minimum absolute atomic E-state index is 0.276. The summed E-state index contributed by atoms with van der Waals surface area (Å²) in [5.74, 6) is 0. The number of hydrogen-bond donors (Lipinski definition) is 0. The van der Waals surface area contributed by atoms with Crippen molar-refractivity contribution in [1.29, 1.82) is 0 Å². The van der Waals surface area contributed by atoms with Crippen LogP contribution in [-0.4, -0.2) is 80.7 Å². The van der Waals surface area contributed by atoms with Crippen LogP contribution < -0.4 is 5.46 Å². The molecule has 0 atom stereocenters. The van der Waals surface area contributed by atoms with Gasteiger partial charge in [0.2, 0.25) is 0 Å². The molecule has 3 aromatic carbocycles. The molecule has 244 valence electrons. The van der Waals surface area contributed by atoms with Crippen LogP contribution in [0.4, 0.5) is 0 Å². The van der Waals surface area contributed by atoms with Gasteiger partial charge in [-0.05, 0) is 74.1 Å². The fourth-order valence-electron chi connectivity index (χ4n) is 4.96. The second-order valence-electron chi connectivity index (χ2n) is 12.5. The molecule has 3 aliphatic heterocycles. The van der Waals surface area contributed by atoms with Crippen molar-refractivity contribution in [3.05, 3.63) is 98.4 Å². The number of rotatable bonds is 6. The molecule has 0 radical (unpaired) electrons. The average Bonchev–Trinajstić information content (AvgIpc) is 3.27. The fraction of sp³-hybridized carbons (Fsp3) is 0.486. The lowest BCUT2D eigenvalue weighted by Crippen LogP contribution is -2.41. The zero-order chi connectivity index (χ0) is 32.3. The van der Waals surface area contributed by atoms with Crippen LogP contribution in [0, 0.1) is 0 Å². The first kappa shape index (κ1) is 36.8. The summed E-state index contributed by atoms with van der Waals surface area (Å²) in [6.45, 7) is 17.9. The summed E-state index contributed by atoms with van der Waals surface area (Å²) >= 11 is 10.2. The van der Waals surface area contributed by atoms with Gasteiger partial charge in [0.25, 0.3) is 0 Å². The van der Waals surface area contributed by atoms with Gasteiger partial charge in [-0.1, -0.05) is 96.3 Å². The maximum Gasteiger partial charge on any atom is 0.494 e. The Labute approximate surface area is 295 Å². The molecular formula is C35H46BBr3N2O4. The molecule has 0 aromatic heterocycles. The molecule has 3 aliphatic rings. The van der Waals surface area contributed by atoms with Crippen molar-refractivity contribution >= 4 is 60.4 Å². The van der Waals surface area contributed by atoms with Gasteiger partial charge >= 0.3 is 7.12 Å². The number of nitrogens with zero attached hydrogens (tertiary/aromatic N) is 2. The lowest BCUT2D eigenvalue weighted by Gasteiger charge is -2.32. The van der Waals surface area contributed by atoms with Gasteiger partial charge in [-0.2, -0.15) is 0 Å². The molecule has 0 saturated carbocycles. The summed E-state index contributed by atoms with van der Waals surface area (Å²) in [6, 6.07) is 25.4. The van der Waals surface area contributed by atoms with Crippen molar-refractivity contribution < 1.29 is 18.8 Å². The highest BCUT2D eigenvalue weighted by Gasteiger charge is 2.51. The minimum atomic E-state index is -0.288. The summed E-state index contributed by atoms with van der Waals surface area (Å²) in [4.78, 5) is 4.85. The second kappa shape index (κ2) is 17.9. The standard InChI is InChI=1S/C17H26BNO3.C11H14BrNO.C7H6Br2/c1-16(2)17(3,4)22-18(21-16)15-7-5-14(6-8-15)13-19-9-11-20-12-10-19;12-11-3-1-10(2-4-11)9-13-5-7-14-8-6-13;8-5-6-1-3-7(9)4-2-6/h5-8H,9-13H2,1-4H3;1-4H,5-9H2;1-4H,5H2. The Morgan fingerprint density at radius 1 is 0.578 bits per heavy atom. The predicted molar refractivity (Wildman–Crippen MR) is 195 cm³/mol. The summed E-state index contributed by atoms with van der Waals surface area (Å²) in [5, 5.41) is 0.931. The molecule has 0 spiro atoms. The average molecular weight is 809 g/mol. The molecular weight excluding hydrogens is 763 g/mol. The molecule has 0 bridgehead atoms. The summed E-state index contributed by atoms with van der Waals surface area (Å²) in [6.07, 6.45) is 0. The van der Waals surface area contributed by atoms with E-state index in [-0.39, 0.29) is 18.3 Å². The highest BCUT2D eigenvalue weighted by molar-refractivity contribution is 9.10. The number of halogens is 3. The molecule has 10 heteroatoms. The maximum atomic E-state index is 6.09. The first-order valence-electron chi connectivity index (χ1n) is 15.6. The van der Waals surface area contributed by atoms with Crippen molar-refractivity contribution in [2.45, 2.75) is 57.3 Å². The van der Waals surface area contributed by atoms with E-state index in [0.29, 0.717) is 0 Å². The summed E-state index contributed by atoms with van der Waals surface area (Å²) in [7, 11) is -0.276. The highest BCUT2D eigenvalue weighted by atomic mass is 79.9. The third kappa shape index (κ3) is 11.8. The van der Waals surface area contributed by atoms with Crippen LogP contribution in [0.5, 0.6) is 0 Å². The van der Waals surface area contributed by atoms with Crippen molar-refractivity contribution in [1.82, 2.24) is 9.80 Å². The molecule has 0 amide bonds. The first-order valence-corrected chi connectivity index (χ1v) is 18.3. The van der Waals surface area contributed by atoms with Gasteiger partial charge in [0.15, 0.2) is 0 Å². The normalized spacial score (nSPS) is 19.7. The van der Waals surface area contributed by atoms with Crippen molar-refractivity contribution in [2.75, 3.05) is 52.6 Å². The SMILES string of the molecule is BrCc1ccc(Br)cc1.Brc1ccc(CN2CCOCC2)cc1.CC1(C)OB(c2ccc(CN3CCOCC3)cc2)OC1(C)C. The monoisotopic (exact) mass is 806 g/mol. The van der Waals surface area contributed by atoms with Crippen LogP contribution in [-0.2, 0) is 37.2 Å². The lowest BCUT2D eigenvalue weighted by molar-refractivity contribution is 0.00578. The van der Waals surface area contributed by atoms with Crippen molar-refractivity contribution in [3.8, 4) is 0 Å². The fourth-order valence-corrected chi connectivity index (χ4v) is 5.86. The van der Waals surface area contributed by atoms with E-state index in [9.17, 15) is 0 Å². The van der Waals surface area contributed by atoms with Gasteiger partial charge in [0, 0.05) is 53.5 Å². The quantitative estimate of drug-likeness (QED) is 0.191. The van der Waals surface area contributed by atoms with E-state index >= 15 is 0 Å². The first-order chi connectivity index (χ1) is 21.5. The Morgan fingerprint density at radius 3 is 1.31 bits per heavy atom. The predicted octanol–water partition coefficient (Wildman–Crippen LogP) is 7.44. The largest absolute Gasteiger partial charge is 0.494 e. The van der Waals surface area contributed by atoms with Crippen LogP contribution >= 0.6 is 47.8 Å². The summed E-state index contributed by atoms with van der Waals surface area (Å²) < 4.78 is 25.2. The molecule has 3 aromatic rings.